The molecule has 2 aliphatic carbocycles. The van der Waals surface area contributed by atoms with Crippen LogP contribution in [-0.4, -0.2) is 40.2 Å². The minimum atomic E-state index is -0.325. The van der Waals surface area contributed by atoms with E-state index in [0.717, 1.165) is 12.3 Å². The number of rotatable bonds is 6. The van der Waals surface area contributed by atoms with E-state index >= 15 is 0 Å². The highest BCUT2D eigenvalue weighted by Crippen LogP contribution is 2.49. The summed E-state index contributed by atoms with van der Waals surface area (Å²) < 4.78 is 5.14. The molecular weight excluding hydrogens is 270 g/mol. The number of hydrogen-bond acceptors (Lipinski definition) is 5. The number of carbonyl (C=O) groups is 1. The number of tetrazole rings is 1. The summed E-state index contributed by atoms with van der Waals surface area (Å²) in [4.78, 5) is 12.4. The van der Waals surface area contributed by atoms with E-state index in [0.29, 0.717) is 18.3 Å². The molecule has 1 heterocycles. The van der Waals surface area contributed by atoms with Gasteiger partial charge in [0.15, 0.2) is 5.82 Å². The molecule has 1 amide bonds. The molecule has 7 nitrogen and oxygen atoms in total. The summed E-state index contributed by atoms with van der Waals surface area (Å²) in [5.74, 6) is 2.08. The molecule has 0 bridgehead atoms. The summed E-state index contributed by atoms with van der Waals surface area (Å²) >= 11 is 0. The zero-order valence-corrected chi connectivity index (χ0v) is 12.4. The highest BCUT2D eigenvalue weighted by Gasteiger charge is 2.47. The van der Waals surface area contributed by atoms with E-state index in [1.54, 1.807) is 7.11 Å². The number of H-pyrrole nitrogens is 1. The van der Waals surface area contributed by atoms with Crippen LogP contribution >= 0.6 is 0 Å². The Bertz CT molecular complexity index is 458. The number of nitrogens with zero attached hydrogens (tertiary/aromatic N) is 3. The van der Waals surface area contributed by atoms with Crippen LogP contribution in [-0.2, 0) is 9.53 Å². The third-order valence-electron chi connectivity index (χ3n) is 4.76. The second kappa shape index (κ2) is 6.51. The zero-order chi connectivity index (χ0) is 14.7. The second-order valence-corrected chi connectivity index (χ2v) is 6.19. The van der Waals surface area contributed by atoms with Gasteiger partial charge in [-0.2, -0.15) is 5.21 Å². The summed E-state index contributed by atoms with van der Waals surface area (Å²) in [7, 11) is 1.60. The van der Waals surface area contributed by atoms with Gasteiger partial charge in [0.25, 0.3) is 0 Å². The van der Waals surface area contributed by atoms with Gasteiger partial charge in [-0.05, 0) is 18.3 Å². The van der Waals surface area contributed by atoms with Crippen molar-refractivity contribution < 1.29 is 9.53 Å². The Morgan fingerprint density at radius 1 is 1.43 bits per heavy atom. The van der Waals surface area contributed by atoms with E-state index < -0.39 is 0 Å². The SMILES string of the molecule is COCC(NC(=O)C1CC1C1CCCCC1)c1nn[nH]n1. The molecular formula is C14H23N5O2. The quantitative estimate of drug-likeness (QED) is 0.822. The minimum Gasteiger partial charge on any atom is -0.382 e. The third-order valence-corrected chi connectivity index (χ3v) is 4.76. The average molecular weight is 293 g/mol. The average Bonchev–Trinajstić information content (AvgIpc) is 3.13. The Morgan fingerprint density at radius 3 is 2.90 bits per heavy atom. The normalized spacial score (nSPS) is 27.3. The van der Waals surface area contributed by atoms with Crippen LogP contribution in [0.15, 0.2) is 0 Å². The van der Waals surface area contributed by atoms with Crippen LogP contribution in [0.1, 0.15) is 50.4 Å². The van der Waals surface area contributed by atoms with Gasteiger partial charge in [0.1, 0.15) is 6.04 Å². The first-order chi connectivity index (χ1) is 10.3. The molecule has 116 valence electrons. The molecule has 2 fully saturated rings. The Balaban J connectivity index is 1.53. The maximum absolute atomic E-state index is 12.4. The van der Waals surface area contributed by atoms with Gasteiger partial charge in [-0.3, -0.25) is 4.79 Å². The lowest BCUT2D eigenvalue weighted by Gasteiger charge is -2.21. The van der Waals surface area contributed by atoms with Crippen molar-refractivity contribution in [1.82, 2.24) is 25.9 Å². The fraction of sp³-hybridized carbons (Fsp3) is 0.857. The number of nitrogens with one attached hydrogen (secondary N) is 2. The lowest BCUT2D eigenvalue weighted by molar-refractivity contribution is -0.124. The van der Waals surface area contributed by atoms with Crippen molar-refractivity contribution in [2.24, 2.45) is 17.8 Å². The number of aromatic amines is 1. The summed E-state index contributed by atoms with van der Waals surface area (Å²) in [5.41, 5.74) is 0. The molecule has 1 aromatic heterocycles. The number of hydrogen-bond donors (Lipinski definition) is 2. The number of methoxy groups -OCH3 is 1. The number of carbonyl (C=O) groups excluding carboxylic acids is 1. The van der Waals surface area contributed by atoms with Crippen LogP contribution in [0.25, 0.3) is 0 Å². The largest absolute Gasteiger partial charge is 0.382 e. The fourth-order valence-corrected chi connectivity index (χ4v) is 3.54. The molecule has 21 heavy (non-hydrogen) atoms. The van der Waals surface area contributed by atoms with Crippen molar-refractivity contribution in [2.45, 2.75) is 44.6 Å². The van der Waals surface area contributed by atoms with Crippen LogP contribution in [0.4, 0.5) is 0 Å². The van der Waals surface area contributed by atoms with Crippen molar-refractivity contribution in [3.63, 3.8) is 0 Å². The molecule has 0 aromatic carbocycles. The van der Waals surface area contributed by atoms with Crippen LogP contribution in [0.2, 0.25) is 0 Å². The minimum absolute atomic E-state index is 0.109. The van der Waals surface area contributed by atoms with Gasteiger partial charge in [0, 0.05) is 13.0 Å². The fourth-order valence-electron chi connectivity index (χ4n) is 3.54. The predicted molar refractivity (Wildman–Crippen MR) is 75.1 cm³/mol. The number of ether oxygens (including phenoxy) is 1. The first-order valence-electron chi connectivity index (χ1n) is 7.82. The van der Waals surface area contributed by atoms with Gasteiger partial charge in [0.2, 0.25) is 5.91 Å². The summed E-state index contributed by atoms with van der Waals surface area (Å²) in [6, 6.07) is -0.325. The van der Waals surface area contributed by atoms with Crippen molar-refractivity contribution in [2.75, 3.05) is 13.7 Å². The van der Waals surface area contributed by atoms with Gasteiger partial charge >= 0.3 is 0 Å². The van der Waals surface area contributed by atoms with Crippen molar-refractivity contribution in [1.29, 1.82) is 0 Å². The van der Waals surface area contributed by atoms with Crippen molar-refractivity contribution in [3.05, 3.63) is 5.82 Å². The Hall–Kier alpha value is -1.50. The molecule has 7 heteroatoms. The molecule has 3 rings (SSSR count). The van der Waals surface area contributed by atoms with Crippen molar-refractivity contribution in [3.8, 4) is 0 Å². The summed E-state index contributed by atoms with van der Waals surface area (Å²) in [6.07, 6.45) is 7.62. The van der Waals surface area contributed by atoms with Gasteiger partial charge in [-0.1, -0.05) is 37.3 Å². The molecule has 0 radical (unpaired) electrons. The van der Waals surface area contributed by atoms with E-state index in [1.165, 1.54) is 32.1 Å². The smallest absolute Gasteiger partial charge is 0.224 e. The van der Waals surface area contributed by atoms with E-state index in [9.17, 15) is 4.79 Å². The first kappa shape index (κ1) is 14.4. The molecule has 2 aliphatic rings. The Labute approximate surface area is 124 Å². The summed E-state index contributed by atoms with van der Waals surface area (Å²) in [5, 5.41) is 16.8. The molecule has 2 saturated carbocycles. The highest BCUT2D eigenvalue weighted by atomic mass is 16.5. The maximum atomic E-state index is 12.4. The third kappa shape index (κ3) is 3.40. The van der Waals surface area contributed by atoms with Gasteiger partial charge in [-0.15, -0.1) is 10.2 Å². The monoisotopic (exact) mass is 293 g/mol. The van der Waals surface area contributed by atoms with E-state index in [2.05, 4.69) is 25.9 Å². The van der Waals surface area contributed by atoms with Gasteiger partial charge in [0.05, 0.1) is 6.61 Å². The maximum Gasteiger partial charge on any atom is 0.224 e. The van der Waals surface area contributed by atoms with Gasteiger partial charge < -0.3 is 10.1 Å². The molecule has 3 atom stereocenters. The van der Waals surface area contributed by atoms with Gasteiger partial charge in [-0.25, -0.2) is 0 Å². The topological polar surface area (TPSA) is 92.8 Å². The highest BCUT2D eigenvalue weighted by molar-refractivity contribution is 5.81. The van der Waals surface area contributed by atoms with E-state index in [1.807, 2.05) is 0 Å². The molecule has 2 N–H and O–H groups in total. The lowest BCUT2D eigenvalue weighted by Crippen LogP contribution is -2.34. The number of aromatic nitrogens is 4. The molecule has 0 spiro atoms. The van der Waals surface area contributed by atoms with Crippen LogP contribution < -0.4 is 5.32 Å². The molecule has 1 aromatic rings. The standard InChI is InChI=1S/C14H23N5O2/c1-21-8-12(13-16-18-19-17-13)15-14(20)11-7-10(11)9-5-3-2-4-6-9/h9-12H,2-8H2,1H3,(H,15,20)(H,16,17,18,19). The van der Waals surface area contributed by atoms with E-state index in [4.69, 9.17) is 4.74 Å². The molecule has 0 saturated heterocycles. The zero-order valence-electron chi connectivity index (χ0n) is 12.4. The Morgan fingerprint density at radius 2 is 2.24 bits per heavy atom. The second-order valence-electron chi connectivity index (χ2n) is 6.19. The van der Waals surface area contributed by atoms with Crippen molar-refractivity contribution >= 4 is 5.91 Å². The first-order valence-corrected chi connectivity index (χ1v) is 7.82. The van der Waals surface area contributed by atoms with Crippen LogP contribution in [0, 0.1) is 17.8 Å². The van der Waals surface area contributed by atoms with E-state index in [-0.39, 0.29) is 17.9 Å². The Kier molecular flexibility index (Phi) is 4.48. The van der Waals surface area contributed by atoms with Crippen LogP contribution in [0.3, 0.4) is 0 Å². The van der Waals surface area contributed by atoms with Crippen LogP contribution in [0.5, 0.6) is 0 Å². The molecule has 0 aliphatic heterocycles. The molecule has 3 unspecified atom stereocenters. The predicted octanol–water partition coefficient (Wildman–Crippen LogP) is 1.22. The summed E-state index contributed by atoms with van der Waals surface area (Å²) in [6.45, 7) is 0.353. The number of amides is 1. The lowest BCUT2D eigenvalue weighted by atomic mass is 9.85.